The molecular weight excluding hydrogens is 318 g/mol. The summed E-state index contributed by atoms with van der Waals surface area (Å²) in [6.45, 7) is 6.45. The molecule has 0 bridgehead atoms. The fourth-order valence-corrected chi connectivity index (χ4v) is 2.98. The Bertz CT molecular complexity index is 925. The highest BCUT2D eigenvalue weighted by atomic mass is 16.3. The molecule has 3 aromatic heterocycles. The summed E-state index contributed by atoms with van der Waals surface area (Å²) in [5.74, 6) is -0.196. The first-order chi connectivity index (χ1) is 11.9. The van der Waals surface area contributed by atoms with Crippen molar-refractivity contribution in [3.63, 3.8) is 0 Å². The van der Waals surface area contributed by atoms with E-state index in [-0.39, 0.29) is 19.1 Å². The summed E-state index contributed by atoms with van der Waals surface area (Å²) in [6.07, 6.45) is 3.67. The van der Waals surface area contributed by atoms with Crippen molar-refractivity contribution in [2.45, 2.75) is 27.3 Å². The average Bonchev–Trinajstić information content (AvgIpc) is 3.09. The van der Waals surface area contributed by atoms with Crippen LogP contribution in [0.3, 0.4) is 0 Å². The lowest BCUT2D eigenvalue weighted by atomic mass is 10.1. The standard InChI is InChI=1S/C18H23N5O2/c1-12-5-6-17-19-16(11-23(17)9-12)18(25)22(7-8-24)10-15-13(2)20-21(4)14(15)3/h5-6,9,11,24H,7-8,10H2,1-4H3. The third-order valence-electron chi connectivity index (χ3n) is 4.48. The van der Waals surface area contributed by atoms with Gasteiger partial charge in [0.2, 0.25) is 0 Å². The SMILES string of the molecule is Cc1ccc2nc(C(=O)N(CCO)Cc3c(C)nn(C)c3C)cn2c1. The van der Waals surface area contributed by atoms with Crippen molar-refractivity contribution in [2.24, 2.45) is 7.05 Å². The van der Waals surface area contributed by atoms with E-state index in [2.05, 4.69) is 10.1 Å². The molecule has 1 N–H and O–H groups in total. The summed E-state index contributed by atoms with van der Waals surface area (Å²) < 4.78 is 3.65. The van der Waals surface area contributed by atoms with Gasteiger partial charge in [-0.25, -0.2) is 4.98 Å². The molecular formula is C18H23N5O2. The van der Waals surface area contributed by atoms with Gasteiger partial charge in [-0.1, -0.05) is 6.07 Å². The third-order valence-corrected chi connectivity index (χ3v) is 4.48. The molecule has 3 heterocycles. The Kier molecular flexibility index (Phi) is 4.59. The number of aliphatic hydroxyl groups excluding tert-OH is 1. The van der Waals surface area contributed by atoms with Crippen LogP contribution in [0.2, 0.25) is 0 Å². The highest BCUT2D eigenvalue weighted by Gasteiger charge is 2.21. The number of aliphatic hydroxyl groups is 1. The summed E-state index contributed by atoms with van der Waals surface area (Å²) in [5, 5.41) is 13.8. The van der Waals surface area contributed by atoms with E-state index < -0.39 is 0 Å². The smallest absolute Gasteiger partial charge is 0.274 e. The number of imidazole rings is 1. The van der Waals surface area contributed by atoms with Gasteiger partial charge >= 0.3 is 0 Å². The minimum atomic E-state index is -0.196. The van der Waals surface area contributed by atoms with Crippen LogP contribution in [-0.2, 0) is 13.6 Å². The van der Waals surface area contributed by atoms with E-state index in [0.29, 0.717) is 12.2 Å². The van der Waals surface area contributed by atoms with Gasteiger partial charge in [0.15, 0.2) is 0 Å². The molecule has 0 aliphatic heterocycles. The Hall–Kier alpha value is -2.67. The Labute approximate surface area is 146 Å². The van der Waals surface area contributed by atoms with E-state index in [1.807, 2.05) is 50.5 Å². The first kappa shape index (κ1) is 17.2. The summed E-state index contributed by atoms with van der Waals surface area (Å²) in [7, 11) is 1.88. The van der Waals surface area contributed by atoms with Gasteiger partial charge in [0.1, 0.15) is 11.3 Å². The number of rotatable bonds is 5. The van der Waals surface area contributed by atoms with Crippen molar-refractivity contribution >= 4 is 11.6 Å². The van der Waals surface area contributed by atoms with Gasteiger partial charge in [-0.05, 0) is 32.4 Å². The van der Waals surface area contributed by atoms with Crippen LogP contribution in [0.5, 0.6) is 0 Å². The van der Waals surface area contributed by atoms with Crippen LogP contribution in [-0.4, -0.2) is 48.2 Å². The number of nitrogens with zero attached hydrogens (tertiary/aromatic N) is 5. The summed E-state index contributed by atoms with van der Waals surface area (Å²) >= 11 is 0. The first-order valence-electron chi connectivity index (χ1n) is 8.25. The van der Waals surface area contributed by atoms with Crippen LogP contribution >= 0.6 is 0 Å². The molecule has 0 aliphatic carbocycles. The Morgan fingerprint density at radius 2 is 2.00 bits per heavy atom. The lowest BCUT2D eigenvalue weighted by Crippen LogP contribution is -2.33. The minimum Gasteiger partial charge on any atom is -0.395 e. The van der Waals surface area contributed by atoms with Crippen LogP contribution in [0.25, 0.3) is 5.65 Å². The molecule has 0 saturated heterocycles. The average molecular weight is 341 g/mol. The van der Waals surface area contributed by atoms with Crippen LogP contribution in [0, 0.1) is 20.8 Å². The molecule has 0 aliphatic rings. The normalized spacial score (nSPS) is 11.2. The number of carbonyl (C=O) groups is 1. The van der Waals surface area contributed by atoms with Crippen molar-refractivity contribution in [1.82, 2.24) is 24.1 Å². The molecule has 0 spiro atoms. The number of aromatic nitrogens is 4. The molecule has 7 heteroatoms. The van der Waals surface area contributed by atoms with Gasteiger partial charge in [-0.2, -0.15) is 5.10 Å². The molecule has 25 heavy (non-hydrogen) atoms. The predicted molar refractivity (Wildman–Crippen MR) is 94.4 cm³/mol. The van der Waals surface area contributed by atoms with E-state index >= 15 is 0 Å². The Morgan fingerprint density at radius 1 is 1.24 bits per heavy atom. The fraction of sp³-hybridized carbons (Fsp3) is 0.389. The first-order valence-corrected chi connectivity index (χ1v) is 8.25. The second-order valence-electron chi connectivity index (χ2n) is 6.32. The van der Waals surface area contributed by atoms with Gasteiger partial charge < -0.3 is 14.4 Å². The molecule has 1 amide bonds. The molecule has 0 atom stereocenters. The maximum absolute atomic E-state index is 12.9. The zero-order valence-electron chi connectivity index (χ0n) is 15.0. The summed E-state index contributed by atoms with van der Waals surface area (Å²) in [5.41, 5.74) is 5.10. The molecule has 132 valence electrons. The molecule has 0 radical (unpaired) electrons. The quantitative estimate of drug-likeness (QED) is 0.765. The minimum absolute atomic E-state index is 0.101. The Balaban J connectivity index is 1.91. The summed E-state index contributed by atoms with van der Waals surface area (Å²) in [4.78, 5) is 19.0. The lowest BCUT2D eigenvalue weighted by molar-refractivity contribution is 0.0702. The topological polar surface area (TPSA) is 75.7 Å². The zero-order chi connectivity index (χ0) is 18.1. The third kappa shape index (κ3) is 3.28. The number of amides is 1. The van der Waals surface area contributed by atoms with E-state index in [0.717, 1.165) is 28.2 Å². The second kappa shape index (κ2) is 6.68. The van der Waals surface area contributed by atoms with Gasteiger partial charge in [0.05, 0.1) is 12.3 Å². The lowest BCUT2D eigenvalue weighted by Gasteiger charge is -2.21. The molecule has 0 aromatic carbocycles. The molecule has 0 unspecified atom stereocenters. The van der Waals surface area contributed by atoms with Crippen molar-refractivity contribution in [3.8, 4) is 0 Å². The zero-order valence-corrected chi connectivity index (χ0v) is 15.0. The molecule has 7 nitrogen and oxygen atoms in total. The molecule has 3 aromatic rings. The van der Waals surface area contributed by atoms with Crippen molar-refractivity contribution in [1.29, 1.82) is 0 Å². The van der Waals surface area contributed by atoms with Gasteiger partial charge in [-0.3, -0.25) is 9.48 Å². The number of fused-ring (bicyclic) bond motifs is 1. The molecule has 0 fully saturated rings. The van der Waals surface area contributed by atoms with E-state index in [4.69, 9.17) is 0 Å². The van der Waals surface area contributed by atoms with Crippen LogP contribution in [0.1, 0.15) is 33.0 Å². The van der Waals surface area contributed by atoms with Crippen LogP contribution < -0.4 is 0 Å². The van der Waals surface area contributed by atoms with Crippen LogP contribution in [0.15, 0.2) is 24.5 Å². The maximum atomic E-state index is 12.9. The number of pyridine rings is 1. The van der Waals surface area contributed by atoms with Gasteiger partial charge in [0.25, 0.3) is 5.91 Å². The number of carbonyl (C=O) groups excluding carboxylic acids is 1. The molecule has 3 rings (SSSR count). The van der Waals surface area contributed by atoms with Crippen molar-refractivity contribution in [3.05, 3.63) is 52.7 Å². The predicted octanol–water partition coefficient (Wildman–Crippen LogP) is 1.63. The highest BCUT2D eigenvalue weighted by molar-refractivity contribution is 5.93. The fourth-order valence-electron chi connectivity index (χ4n) is 2.98. The maximum Gasteiger partial charge on any atom is 0.274 e. The van der Waals surface area contributed by atoms with Crippen molar-refractivity contribution < 1.29 is 9.90 Å². The summed E-state index contributed by atoms with van der Waals surface area (Å²) in [6, 6.07) is 3.85. The van der Waals surface area contributed by atoms with Crippen LogP contribution in [0.4, 0.5) is 0 Å². The Morgan fingerprint density at radius 3 is 2.64 bits per heavy atom. The second-order valence-corrected chi connectivity index (χ2v) is 6.32. The number of hydrogen-bond donors (Lipinski definition) is 1. The van der Waals surface area contributed by atoms with E-state index in [1.54, 1.807) is 15.8 Å². The monoisotopic (exact) mass is 341 g/mol. The highest BCUT2D eigenvalue weighted by Crippen LogP contribution is 2.17. The number of hydrogen-bond acceptors (Lipinski definition) is 4. The number of aryl methyl sites for hydroxylation is 3. The largest absolute Gasteiger partial charge is 0.395 e. The van der Waals surface area contributed by atoms with Crippen molar-refractivity contribution in [2.75, 3.05) is 13.2 Å². The van der Waals surface area contributed by atoms with Gasteiger partial charge in [0, 0.05) is 43.8 Å². The van der Waals surface area contributed by atoms with Gasteiger partial charge in [-0.15, -0.1) is 0 Å². The van der Waals surface area contributed by atoms with E-state index in [9.17, 15) is 9.90 Å². The van der Waals surface area contributed by atoms with E-state index in [1.165, 1.54) is 0 Å². The molecule has 0 saturated carbocycles.